The van der Waals surface area contributed by atoms with E-state index in [1.54, 1.807) is 30.3 Å². The predicted molar refractivity (Wildman–Crippen MR) is 50.7 cm³/mol. The number of carboxylic acid groups (broad SMARTS) is 1. The smallest absolute Gasteiger partial charge is 0.329 e. The normalized spacial score (nSPS) is 10.0. The summed E-state index contributed by atoms with van der Waals surface area (Å²) in [5.74, 6) is -1.43. The van der Waals surface area contributed by atoms with Gasteiger partial charge in [-0.05, 0) is 12.1 Å². The maximum absolute atomic E-state index is 11.3. The molecule has 0 spiro atoms. The summed E-state index contributed by atoms with van der Waals surface area (Å²) in [6, 6.07) is 8.55. The van der Waals surface area contributed by atoms with Crippen molar-refractivity contribution < 1.29 is 14.7 Å². The highest BCUT2D eigenvalue weighted by Gasteiger charge is 2.00. The molecular weight excluding hydrogens is 182 g/mol. The lowest BCUT2D eigenvalue weighted by Gasteiger charge is -1.97. The molecule has 0 aliphatic heterocycles. The van der Waals surface area contributed by atoms with Crippen LogP contribution >= 0.6 is 0 Å². The maximum Gasteiger partial charge on any atom is 0.329 e. The predicted octanol–water partition coefficient (Wildman–Crippen LogP) is 1.01. The highest BCUT2D eigenvalue weighted by molar-refractivity contribution is 5.95. The molecule has 1 aromatic rings. The van der Waals surface area contributed by atoms with Crippen LogP contribution in [-0.2, 0) is 4.79 Å². The zero-order valence-corrected chi connectivity index (χ0v) is 7.31. The zero-order valence-electron chi connectivity index (χ0n) is 7.31. The summed E-state index contributed by atoms with van der Waals surface area (Å²) in [5, 5.41) is 10.6. The first kappa shape index (κ1) is 9.98. The van der Waals surface area contributed by atoms with Gasteiger partial charge in [-0.1, -0.05) is 18.2 Å². The van der Waals surface area contributed by atoms with Crippen LogP contribution in [0, 0.1) is 0 Å². The standard InChI is InChI=1S/C10H9NO3/c12-9(13)6-7-11-10(14)8-4-2-1-3-5-8/h1-7H,(H,11,14)(H,12,13). The van der Waals surface area contributed by atoms with Crippen LogP contribution in [0.15, 0.2) is 42.6 Å². The molecule has 0 aliphatic rings. The van der Waals surface area contributed by atoms with Gasteiger partial charge in [-0.15, -0.1) is 0 Å². The summed E-state index contributed by atoms with van der Waals surface area (Å²) in [4.78, 5) is 21.4. The Labute approximate surface area is 80.9 Å². The molecule has 4 heteroatoms. The number of hydrogen-bond donors (Lipinski definition) is 2. The first-order chi connectivity index (χ1) is 6.70. The molecule has 0 unspecified atom stereocenters. The van der Waals surface area contributed by atoms with E-state index in [-0.39, 0.29) is 5.91 Å². The summed E-state index contributed by atoms with van der Waals surface area (Å²) in [6.45, 7) is 0. The lowest BCUT2D eigenvalue weighted by atomic mass is 10.2. The molecule has 0 atom stereocenters. The number of hydrogen-bond acceptors (Lipinski definition) is 2. The van der Waals surface area contributed by atoms with E-state index in [4.69, 9.17) is 5.11 Å². The van der Waals surface area contributed by atoms with Crippen molar-refractivity contribution in [2.75, 3.05) is 0 Å². The molecule has 14 heavy (non-hydrogen) atoms. The summed E-state index contributed by atoms with van der Waals surface area (Å²) < 4.78 is 0. The highest BCUT2D eigenvalue weighted by atomic mass is 16.4. The number of rotatable bonds is 3. The molecule has 0 heterocycles. The third-order valence-electron chi connectivity index (χ3n) is 1.48. The fraction of sp³-hybridized carbons (Fsp3) is 0. The van der Waals surface area contributed by atoms with Crippen molar-refractivity contribution in [1.29, 1.82) is 0 Å². The Morgan fingerprint density at radius 2 is 1.86 bits per heavy atom. The van der Waals surface area contributed by atoms with E-state index in [1.807, 2.05) is 0 Å². The van der Waals surface area contributed by atoms with E-state index in [2.05, 4.69) is 5.32 Å². The van der Waals surface area contributed by atoms with Crippen LogP contribution in [0.4, 0.5) is 0 Å². The number of benzene rings is 1. The fourth-order valence-corrected chi connectivity index (χ4v) is 0.862. The van der Waals surface area contributed by atoms with Crippen molar-refractivity contribution in [1.82, 2.24) is 5.32 Å². The minimum atomic E-state index is -1.10. The monoisotopic (exact) mass is 191 g/mol. The SMILES string of the molecule is O=C(O)C=CNC(=O)c1ccccc1. The van der Waals surface area contributed by atoms with Gasteiger partial charge in [-0.3, -0.25) is 4.79 Å². The summed E-state index contributed by atoms with van der Waals surface area (Å²) in [5.41, 5.74) is 0.488. The molecule has 1 amide bonds. The van der Waals surface area contributed by atoms with Crippen molar-refractivity contribution in [2.45, 2.75) is 0 Å². The third-order valence-corrected chi connectivity index (χ3v) is 1.48. The summed E-state index contributed by atoms with van der Waals surface area (Å²) >= 11 is 0. The Morgan fingerprint density at radius 1 is 1.21 bits per heavy atom. The second-order valence-corrected chi connectivity index (χ2v) is 2.51. The van der Waals surface area contributed by atoms with Gasteiger partial charge in [0.15, 0.2) is 0 Å². The van der Waals surface area contributed by atoms with Gasteiger partial charge in [0, 0.05) is 17.8 Å². The fourth-order valence-electron chi connectivity index (χ4n) is 0.862. The quantitative estimate of drug-likeness (QED) is 0.701. The Hall–Kier alpha value is -2.10. The van der Waals surface area contributed by atoms with Crippen LogP contribution in [0.2, 0.25) is 0 Å². The summed E-state index contributed by atoms with van der Waals surface area (Å²) in [7, 11) is 0. The number of aliphatic carboxylic acids is 1. The first-order valence-electron chi connectivity index (χ1n) is 3.95. The Morgan fingerprint density at radius 3 is 2.43 bits per heavy atom. The molecule has 0 bridgehead atoms. The highest BCUT2D eigenvalue weighted by Crippen LogP contribution is 1.97. The van der Waals surface area contributed by atoms with Crippen molar-refractivity contribution >= 4 is 11.9 Å². The van der Waals surface area contributed by atoms with Crippen LogP contribution < -0.4 is 5.32 Å². The molecule has 4 nitrogen and oxygen atoms in total. The largest absolute Gasteiger partial charge is 0.478 e. The number of nitrogens with one attached hydrogen (secondary N) is 1. The molecule has 72 valence electrons. The van der Waals surface area contributed by atoms with Crippen LogP contribution in [-0.4, -0.2) is 17.0 Å². The number of carboxylic acids is 1. The molecule has 1 aromatic carbocycles. The van der Waals surface area contributed by atoms with Crippen LogP contribution in [0.3, 0.4) is 0 Å². The average Bonchev–Trinajstić information content (AvgIpc) is 2.18. The van der Waals surface area contributed by atoms with E-state index >= 15 is 0 Å². The zero-order chi connectivity index (χ0) is 10.4. The van der Waals surface area contributed by atoms with Gasteiger partial charge in [0.25, 0.3) is 5.91 Å². The second-order valence-electron chi connectivity index (χ2n) is 2.51. The first-order valence-corrected chi connectivity index (χ1v) is 3.95. The number of carbonyl (C=O) groups excluding carboxylic acids is 1. The molecule has 2 N–H and O–H groups in total. The second kappa shape index (κ2) is 4.81. The molecule has 0 aliphatic carbocycles. The third kappa shape index (κ3) is 3.10. The molecule has 0 saturated carbocycles. The van der Waals surface area contributed by atoms with Crippen molar-refractivity contribution in [3.05, 3.63) is 48.2 Å². The number of carbonyl (C=O) groups is 2. The van der Waals surface area contributed by atoms with Crippen molar-refractivity contribution in [2.24, 2.45) is 0 Å². The van der Waals surface area contributed by atoms with E-state index in [0.29, 0.717) is 5.56 Å². The lowest BCUT2D eigenvalue weighted by molar-refractivity contribution is -0.131. The number of amides is 1. The Bertz CT molecular complexity index is 357. The maximum atomic E-state index is 11.3. The summed E-state index contributed by atoms with van der Waals surface area (Å²) in [6.07, 6.45) is 1.96. The molecular formula is C10H9NO3. The van der Waals surface area contributed by atoms with Gasteiger partial charge in [-0.2, -0.15) is 0 Å². The van der Waals surface area contributed by atoms with E-state index in [0.717, 1.165) is 12.3 Å². The minimum absolute atomic E-state index is 0.330. The molecule has 0 fully saturated rings. The van der Waals surface area contributed by atoms with Gasteiger partial charge in [0.05, 0.1) is 0 Å². The average molecular weight is 191 g/mol. The minimum Gasteiger partial charge on any atom is -0.478 e. The lowest BCUT2D eigenvalue weighted by Crippen LogP contribution is -2.17. The van der Waals surface area contributed by atoms with Crippen LogP contribution in [0.5, 0.6) is 0 Å². The Balaban J connectivity index is 2.56. The van der Waals surface area contributed by atoms with Crippen molar-refractivity contribution in [3.8, 4) is 0 Å². The van der Waals surface area contributed by atoms with Gasteiger partial charge in [-0.25, -0.2) is 4.79 Å². The van der Waals surface area contributed by atoms with Gasteiger partial charge in [0.1, 0.15) is 0 Å². The van der Waals surface area contributed by atoms with Crippen LogP contribution in [0.1, 0.15) is 10.4 Å². The molecule has 0 aromatic heterocycles. The molecule has 0 radical (unpaired) electrons. The van der Waals surface area contributed by atoms with Gasteiger partial charge in [0.2, 0.25) is 0 Å². The Kier molecular flexibility index (Phi) is 3.43. The topological polar surface area (TPSA) is 66.4 Å². The van der Waals surface area contributed by atoms with Crippen molar-refractivity contribution in [3.63, 3.8) is 0 Å². The van der Waals surface area contributed by atoms with E-state index in [9.17, 15) is 9.59 Å². The molecule has 0 saturated heterocycles. The van der Waals surface area contributed by atoms with E-state index in [1.165, 1.54) is 0 Å². The molecule has 1 rings (SSSR count). The van der Waals surface area contributed by atoms with Crippen LogP contribution in [0.25, 0.3) is 0 Å². The van der Waals surface area contributed by atoms with Gasteiger partial charge >= 0.3 is 5.97 Å². The van der Waals surface area contributed by atoms with Gasteiger partial charge < -0.3 is 10.4 Å². The van der Waals surface area contributed by atoms with E-state index < -0.39 is 5.97 Å².